The van der Waals surface area contributed by atoms with Crippen molar-refractivity contribution in [2.45, 2.75) is 25.3 Å². The SMILES string of the molecule is NC(C1=CCCC1)c1ccc(F)cc1I. The Morgan fingerprint density at radius 3 is 2.80 bits per heavy atom. The molecule has 0 aliphatic heterocycles. The monoisotopic (exact) mass is 317 g/mol. The van der Waals surface area contributed by atoms with Gasteiger partial charge in [0.1, 0.15) is 5.82 Å². The van der Waals surface area contributed by atoms with Crippen molar-refractivity contribution in [2.24, 2.45) is 5.73 Å². The molecule has 1 nitrogen and oxygen atoms in total. The maximum atomic E-state index is 12.9. The predicted octanol–water partition coefficient (Wildman–Crippen LogP) is 3.54. The third-order valence-corrected chi connectivity index (χ3v) is 3.71. The molecular formula is C12H13FIN. The minimum atomic E-state index is -0.198. The average Bonchev–Trinajstić information content (AvgIpc) is 2.69. The van der Waals surface area contributed by atoms with Crippen LogP contribution in [0.25, 0.3) is 0 Å². The van der Waals surface area contributed by atoms with Crippen LogP contribution in [0.4, 0.5) is 4.39 Å². The Labute approximate surface area is 103 Å². The maximum absolute atomic E-state index is 12.9. The van der Waals surface area contributed by atoms with E-state index in [4.69, 9.17) is 5.73 Å². The summed E-state index contributed by atoms with van der Waals surface area (Å²) in [5.41, 5.74) is 8.48. The first-order valence-electron chi connectivity index (χ1n) is 5.08. The molecule has 0 saturated carbocycles. The van der Waals surface area contributed by atoms with E-state index >= 15 is 0 Å². The second-order valence-electron chi connectivity index (χ2n) is 3.81. The van der Waals surface area contributed by atoms with Gasteiger partial charge >= 0.3 is 0 Å². The topological polar surface area (TPSA) is 26.0 Å². The molecule has 1 unspecified atom stereocenters. The van der Waals surface area contributed by atoms with Crippen molar-refractivity contribution in [1.82, 2.24) is 0 Å². The van der Waals surface area contributed by atoms with Crippen molar-refractivity contribution in [2.75, 3.05) is 0 Å². The molecule has 1 aliphatic rings. The summed E-state index contributed by atoms with van der Waals surface area (Å²) in [5.74, 6) is -0.198. The Morgan fingerprint density at radius 2 is 2.20 bits per heavy atom. The molecule has 0 saturated heterocycles. The minimum Gasteiger partial charge on any atom is -0.321 e. The summed E-state index contributed by atoms with van der Waals surface area (Å²) in [4.78, 5) is 0. The molecular weight excluding hydrogens is 304 g/mol. The zero-order valence-electron chi connectivity index (χ0n) is 8.34. The second-order valence-corrected chi connectivity index (χ2v) is 4.98. The fourth-order valence-electron chi connectivity index (χ4n) is 1.93. The van der Waals surface area contributed by atoms with Crippen molar-refractivity contribution >= 4 is 22.6 Å². The molecule has 0 aromatic heterocycles. The Kier molecular flexibility index (Phi) is 3.41. The second kappa shape index (κ2) is 4.61. The van der Waals surface area contributed by atoms with Crippen LogP contribution < -0.4 is 5.73 Å². The van der Waals surface area contributed by atoms with Crippen LogP contribution in [0.1, 0.15) is 30.9 Å². The molecule has 80 valence electrons. The van der Waals surface area contributed by atoms with Crippen molar-refractivity contribution in [3.05, 3.63) is 44.8 Å². The predicted molar refractivity (Wildman–Crippen MR) is 68.0 cm³/mol. The number of benzene rings is 1. The largest absolute Gasteiger partial charge is 0.321 e. The first kappa shape index (κ1) is 11.1. The minimum absolute atomic E-state index is 0.0556. The number of allylic oxidation sites excluding steroid dienone is 1. The normalized spacial score (nSPS) is 17.7. The summed E-state index contributed by atoms with van der Waals surface area (Å²) in [5, 5.41) is 0. The fraction of sp³-hybridized carbons (Fsp3) is 0.333. The lowest BCUT2D eigenvalue weighted by Gasteiger charge is -2.15. The highest BCUT2D eigenvalue weighted by molar-refractivity contribution is 14.1. The molecule has 0 amide bonds. The molecule has 0 heterocycles. The van der Waals surface area contributed by atoms with Crippen molar-refractivity contribution in [3.63, 3.8) is 0 Å². The summed E-state index contributed by atoms with van der Waals surface area (Å²) in [6.07, 6.45) is 5.61. The van der Waals surface area contributed by atoms with Gasteiger partial charge in [0.15, 0.2) is 0 Å². The van der Waals surface area contributed by atoms with E-state index in [0.29, 0.717) is 0 Å². The Morgan fingerprint density at radius 1 is 1.40 bits per heavy atom. The van der Waals surface area contributed by atoms with Gasteiger partial charge in [0, 0.05) is 3.57 Å². The summed E-state index contributed by atoms with van der Waals surface area (Å²) < 4.78 is 13.8. The molecule has 1 aromatic rings. The summed E-state index contributed by atoms with van der Waals surface area (Å²) >= 11 is 2.14. The van der Waals surface area contributed by atoms with Crippen LogP contribution in [0.3, 0.4) is 0 Å². The van der Waals surface area contributed by atoms with Gasteiger partial charge in [-0.1, -0.05) is 17.7 Å². The van der Waals surface area contributed by atoms with Gasteiger partial charge < -0.3 is 5.73 Å². The molecule has 0 radical (unpaired) electrons. The number of nitrogens with two attached hydrogens (primary N) is 1. The zero-order chi connectivity index (χ0) is 10.8. The Hall–Kier alpha value is -0.420. The Balaban J connectivity index is 2.28. The van der Waals surface area contributed by atoms with Gasteiger partial charge in [0.05, 0.1) is 6.04 Å². The maximum Gasteiger partial charge on any atom is 0.124 e. The highest BCUT2D eigenvalue weighted by Gasteiger charge is 2.17. The van der Waals surface area contributed by atoms with E-state index in [0.717, 1.165) is 22.0 Å². The third-order valence-electron chi connectivity index (χ3n) is 2.77. The van der Waals surface area contributed by atoms with Crippen LogP contribution in [0, 0.1) is 9.39 Å². The van der Waals surface area contributed by atoms with Gasteiger partial charge in [-0.2, -0.15) is 0 Å². The molecule has 0 fully saturated rings. The van der Waals surface area contributed by atoms with Gasteiger partial charge in [-0.25, -0.2) is 4.39 Å². The highest BCUT2D eigenvalue weighted by atomic mass is 127. The molecule has 3 heteroatoms. The van der Waals surface area contributed by atoms with E-state index in [1.165, 1.54) is 24.1 Å². The molecule has 2 rings (SSSR count). The van der Waals surface area contributed by atoms with E-state index in [1.807, 2.05) is 0 Å². The number of rotatable bonds is 2. The smallest absolute Gasteiger partial charge is 0.124 e. The van der Waals surface area contributed by atoms with Gasteiger partial charge in [0.25, 0.3) is 0 Å². The molecule has 15 heavy (non-hydrogen) atoms. The van der Waals surface area contributed by atoms with E-state index < -0.39 is 0 Å². The number of hydrogen-bond donors (Lipinski definition) is 1. The Bertz CT molecular complexity index is 401. The van der Waals surface area contributed by atoms with Crippen LogP contribution in [0.2, 0.25) is 0 Å². The van der Waals surface area contributed by atoms with Crippen LogP contribution in [-0.2, 0) is 0 Å². The van der Waals surface area contributed by atoms with Gasteiger partial charge in [-0.3, -0.25) is 0 Å². The van der Waals surface area contributed by atoms with Gasteiger partial charge in [-0.15, -0.1) is 0 Å². The fourth-order valence-corrected chi connectivity index (χ4v) is 2.74. The first-order valence-corrected chi connectivity index (χ1v) is 6.16. The lowest BCUT2D eigenvalue weighted by Crippen LogP contribution is -2.13. The molecule has 2 N–H and O–H groups in total. The first-order chi connectivity index (χ1) is 7.18. The van der Waals surface area contributed by atoms with Crippen molar-refractivity contribution in [1.29, 1.82) is 0 Å². The number of hydrogen-bond acceptors (Lipinski definition) is 1. The molecule has 1 aliphatic carbocycles. The molecule has 1 aromatic carbocycles. The molecule has 0 spiro atoms. The zero-order valence-corrected chi connectivity index (χ0v) is 10.5. The average molecular weight is 317 g/mol. The standard InChI is InChI=1S/C12H13FIN/c13-9-5-6-10(11(14)7-9)12(15)8-3-1-2-4-8/h3,5-7,12H,1-2,4,15H2. The van der Waals surface area contributed by atoms with E-state index in [-0.39, 0.29) is 11.9 Å². The van der Waals surface area contributed by atoms with Crippen LogP contribution >= 0.6 is 22.6 Å². The van der Waals surface area contributed by atoms with Gasteiger partial charge in [0.2, 0.25) is 0 Å². The number of halogens is 2. The quantitative estimate of drug-likeness (QED) is 0.655. The summed E-state index contributed by atoms with van der Waals surface area (Å²) in [7, 11) is 0. The van der Waals surface area contributed by atoms with Crippen LogP contribution in [-0.4, -0.2) is 0 Å². The summed E-state index contributed by atoms with van der Waals surface area (Å²) in [6, 6.07) is 4.75. The molecule has 0 bridgehead atoms. The van der Waals surface area contributed by atoms with E-state index in [1.54, 1.807) is 6.07 Å². The van der Waals surface area contributed by atoms with E-state index in [2.05, 4.69) is 28.7 Å². The van der Waals surface area contributed by atoms with Crippen LogP contribution in [0.5, 0.6) is 0 Å². The lowest BCUT2D eigenvalue weighted by atomic mass is 9.99. The van der Waals surface area contributed by atoms with Gasteiger partial charge in [-0.05, 0) is 59.5 Å². The van der Waals surface area contributed by atoms with E-state index in [9.17, 15) is 4.39 Å². The van der Waals surface area contributed by atoms with Crippen molar-refractivity contribution < 1.29 is 4.39 Å². The lowest BCUT2D eigenvalue weighted by molar-refractivity contribution is 0.624. The van der Waals surface area contributed by atoms with Crippen molar-refractivity contribution in [3.8, 4) is 0 Å². The third kappa shape index (κ3) is 2.39. The van der Waals surface area contributed by atoms with Crippen LogP contribution in [0.15, 0.2) is 29.8 Å². The summed E-state index contributed by atoms with van der Waals surface area (Å²) in [6.45, 7) is 0. The molecule has 1 atom stereocenters. The highest BCUT2D eigenvalue weighted by Crippen LogP contribution is 2.31.